The fourth-order valence-electron chi connectivity index (χ4n) is 1.98. The van der Waals surface area contributed by atoms with Crippen LogP contribution in [0.2, 0.25) is 0 Å². The van der Waals surface area contributed by atoms with E-state index in [-0.39, 0.29) is 16.9 Å². The summed E-state index contributed by atoms with van der Waals surface area (Å²) in [5.41, 5.74) is 0.111. The molecular weight excluding hydrogens is 262 g/mol. The van der Waals surface area contributed by atoms with Gasteiger partial charge in [0.2, 0.25) is 0 Å². The number of nitro benzene ring substituents is 1. The van der Waals surface area contributed by atoms with E-state index in [0.29, 0.717) is 12.2 Å². The van der Waals surface area contributed by atoms with Crippen LogP contribution in [0.4, 0.5) is 5.69 Å². The van der Waals surface area contributed by atoms with Crippen molar-refractivity contribution in [3.8, 4) is 5.69 Å². The van der Waals surface area contributed by atoms with Crippen molar-refractivity contribution in [3.63, 3.8) is 0 Å². The van der Waals surface area contributed by atoms with Crippen molar-refractivity contribution in [3.05, 3.63) is 52.1 Å². The zero-order valence-corrected chi connectivity index (χ0v) is 10.8. The lowest BCUT2D eigenvalue weighted by Crippen LogP contribution is -2.08. The van der Waals surface area contributed by atoms with Crippen molar-refractivity contribution in [2.75, 3.05) is 0 Å². The lowest BCUT2D eigenvalue weighted by Gasteiger charge is -2.10. The van der Waals surface area contributed by atoms with E-state index >= 15 is 0 Å². The third kappa shape index (κ3) is 2.51. The van der Waals surface area contributed by atoms with Gasteiger partial charge in [-0.2, -0.15) is 0 Å². The van der Waals surface area contributed by atoms with Gasteiger partial charge < -0.3 is 9.67 Å². The van der Waals surface area contributed by atoms with Crippen molar-refractivity contribution in [2.24, 2.45) is 0 Å². The van der Waals surface area contributed by atoms with Gasteiger partial charge in [0, 0.05) is 30.9 Å². The smallest absolute Gasteiger partial charge is 0.337 e. The molecule has 7 heteroatoms. The Hall–Kier alpha value is -2.70. The van der Waals surface area contributed by atoms with Crippen LogP contribution in [0.5, 0.6) is 0 Å². The number of aryl methyl sites for hydroxylation is 1. The van der Waals surface area contributed by atoms with Gasteiger partial charge in [0.05, 0.1) is 16.2 Å². The van der Waals surface area contributed by atoms with Crippen LogP contribution in [-0.4, -0.2) is 25.6 Å². The molecule has 0 aliphatic heterocycles. The number of carboxylic acid groups (broad SMARTS) is 1. The summed E-state index contributed by atoms with van der Waals surface area (Å²) in [7, 11) is 0. The van der Waals surface area contributed by atoms with Crippen LogP contribution in [0.3, 0.4) is 0 Å². The third-order valence-corrected chi connectivity index (χ3v) is 2.87. The first-order valence-electron chi connectivity index (χ1n) is 6.09. The van der Waals surface area contributed by atoms with Crippen molar-refractivity contribution >= 4 is 11.7 Å². The minimum atomic E-state index is -1.13. The first-order valence-corrected chi connectivity index (χ1v) is 6.09. The van der Waals surface area contributed by atoms with Crippen LogP contribution in [0, 0.1) is 10.1 Å². The molecule has 0 fully saturated rings. The summed E-state index contributed by atoms with van der Waals surface area (Å²) in [5, 5.41) is 20.1. The number of nitrogens with zero attached hydrogens (tertiary/aromatic N) is 3. The molecule has 0 saturated carbocycles. The zero-order valence-electron chi connectivity index (χ0n) is 10.8. The van der Waals surface area contributed by atoms with E-state index in [9.17, 15) is 20.0 Å². The number of hydrogen-bond donors (Lipinski definition) is 1. The number of carboxylic acids is 1. The van der Waals surface area contributed by atoms with E-state index in [4.69, 9.17) is 0 Å². The van der Waals surface area contributed by atoms with Gasteiger partial charge in [0.25, 0.3) is 5.69 Å². The Morgan fingerprint density at radius 1 is 1.50 bits per heavy atom. The molecule has 0 atom stereocenters. The molecule has 7 nitrogen and oxygen atoms in total. The largest absolute Gasteiger partial charge is 0.478 e. The Labute approximate surface area is 114 Å². The maximum absolute atomic E-state index is 11.3. The minimum Gasteiger partial charge on any atom is -0.478 e. The highest BCUT2D eigenvalue weighted by atomic mass is 16.6. The van der Waals surface area contributed by atoms with E-state index < -0.39 is 10.9 Å². The normalized spacial score (nSPS) is 10.4. The molecule has 1 N–H and O–H groups in total. The number of hydrogen-bond acceptors (Lipinski definition) is 4. The molecule has 104 valence electrons. The molecule has 0 spiro atoms. The van der Waals surface area contributed by atoms with Crippen LogP contribution in [0.1, 0.15) is 29.5 Å². The molecule has 2 aromatic rings. The Kier molecular flexibility index (Phi) is 3.79. The number of carbonyl (C=O) groups is 1. The van der Waals surface area contributed by atoms with Crippen LogP contribution < -0.4 is 0 Å². The highest BCUT2D eigenvalue weighted by Gasteiger charge is 2.18. The lowest BCUT2D eigenvalue weighted by molar-refractivity contribution is -0.384. The van der Waals surface area contributed by atoms with Gasteiger partial charge in [0.15, 0.2) is 0 Å². The Morgan fingerprint density at radius 2 is 2.25 bits per heavy atom. The molecule has 0 amide bonds. The number of nitro groups is 1. The van der Waals surface area contributed by atoms with E-state index in [2.05, 4.69) is 4.98 Å². The van der Waals surface area contributed by atoms with Gasteiger partial charge >= 0.3 is 5.97 Å². The fraction of sp³-hybridized carbons (Fsp3) is 0.231. The predicted octanol–water partition coefficient (Wildman–Crippen LogP) is 2.43. The number of aromatic carboxylic acids is 1. The van der Waals surface area contributed by atoms with Crippen molar-refractivity contribution in [2.45, 2.75) is 19.8 Å². The van der Waals surface area contributed by atoms with Gasteiger partial charge in [-0.05, 0) is 12.5 Å². The monoisotopic (exact) mass is 275 g/mol. The highest BCUT2D eigenvalue weighted by molar-refractivity contribution is 5.92. The molecule has 2 rings (SSSR count). The maximum Gasteiger partial charge on any atom is 0.337 e. The summed E-state index contributed by atoms with van der Waals surface area (Å²) in [6.45, 7) is 1.98. The summed E-state index contributed by atoms with van der Waals surface area (Å²) in [4.78, 5) is 25.7. The topological polar surface area (TPSA) is 98.3 Å². The quantitative estimate of drug-likeness (QED) is 0.667. The number of aromatic nitrogens is 2. The summed E-state index contributed by atoms with van der Waals surface area (Å²) < 4.78 is 1.58. The Balaban J connectivity index is 2.63. The molecule has 0 aliphatic rings. The molecule has 20 heavy (non-hydrogen) atoms. The first kappa shape index (κ1) is 13.7. The van der Waals surface area contributed by atoms with Crippen LogP contribution >= 0.6 is 0 Å². The van der Waals surface area contributed by atoms with Gasteiger partial charge in [0.1, 0.15) is 5.82 Å². The molecule has 1 aromatic heterocycles. The summed E-state index contributed by atoms with van der Waals surface area (Å²) in [6, 6.07) is 3.68. The van der Waals surface area contributed by atoms with E-state index in [0.717, 1.165) is 6.42 Å². The molecule has 1 aromatic carbocycles. The SMILES string of the molecule is CCCc1nccn1-c1cc([N+](=O)[O-])ccc1C(=O)O. The van der Waals surface area contributed by atoms with Crippen LogP contribution in [-0.2, 0) is 6.42 Å². The van der Waals surface area contributed by atoms with E-state index in [1.54, 1.807) is 17.0 Å². The molecule has 0 saturated heterocycles. The summed E-state index contributed by atoms with van der Waals surface area (Å²) in [6.07, 6.45) is 4.66. The molecule has 0 bridgehead atoms. The van der Waals surface area contributed by atoms with Gasteiger partial charge in [-0.1, -0.05) is 6.92 Å². The molecular formula is C13H13N3O4. The second-order valence-corrected chi connectivity index (χ2v) is 4.23. The average molecular weight is 275 g/mol. The van der Waals surface area contributed by atoms with Crippen LogP contribution in [0.25, 0.3) is 5.69 Å². The third-order valence-electron chi connectivity index (χ3n) is 2.87. The number of non-ortho nitro benzene ring substituents is 1. The standard InChI is InChI=1S/C13H13N3O4/c1-2-3-12-14-6-7-15(12)11-8-9(16(19)20)4-5-10(11)13(17)18/h4-8H,2-3H2,1H3,(H,17,18). The predicted molar refractivity (Wildman–Crippen MR) is 71.2 cm³/mol. The van der Waals surface area contributed by atoms with Crippen molar-refractivity contribution in [1.29, 1.82) is 0 Å². The van der Waals surface area contributed by atoms with Crippen molar-refractivity contribution in [1.82, 2.24) is 9.55 Å². The average Bonchev–Trinajstić information content (AvgIpc) is 2.86. The molecule has 0 aliphatic carbocycles. The van der Waals surface area contributed by atoms with E-state index in [1.165, 1.54) is 18.2 Å². The first-order chi connectivity index (χ1) is 9.54. The highest BCUT2D eigenvalue weighted by Crippen LogP contribution is 2.23. The lowest BCUT2D eigenvalue weighted by atomic mass is 10.1. The minimum absolute atomic E-state index is 0.00551. The van der Waals surface area contributed by atoms with Gasteiger partial charge in [-0.25, -0.2) is 9.78 Å². The maximum atomic E-state index is 11.3. The number of rotatable bonds is 5. The Morgan fingerprint density at radius 3 is 2.85 bits per heavy atom. The second-order valence-electron chi connectivity index (χ2n) is 4.23. The van der Waals surface area contributed by atoms with Crippen LogP contribution in [0.15, 0.2) is 30.6 Å². The van der Waals surface area contributed by atoms with Gasteiger partial charge in [-0.3, -0.25) is 10.1 Å². The number of benzene rings is 1. The second kappa shape index (κ2) is 5.52. The number of imidazole rings is 1. The van der Waals surface area contributed by atoms with Gasteiger partial charge in [-0.15, -0.1) is 0 Å². The molecule has 1 heterocycles. The van der Waals surface area contributed by atoms with Crippen molar-refractivity contribution < 1.29 is 14.8 Å². The summed E-state index contributed by atoms with van der Waals surface area (Å²) >= 11 is 0. The summed E-state index contributed by atoms with van der Waals surface area (Å²) in [5.74, 6) is -0.457. The van der Waals surface area contributed by atoms with E-state index in [1.807, 2.05) is 6.92 Å². The molecule has 0 unspecified atom stereocenters. The Bertz CT molecular complexity index is 663. The fourth-order valence-corrected chi connectivity index (χ4v) is 1.98. The molecule has 0 radical (unpaired) electrons. The zero-order chi connectivity index (χ0) is 14.7.